The first kappa shape index (κ1) is 31.8. The number of para-hydroxylation sites is 2. The van der Waals surface area contributed by atoms with Gasteiger partial charge in [-0.15, -0.1) is 22.7 Å². The van der Waals surface area contributed by atoms with Crippen molar-refractivity contribution in [1.82, 2.24) is 4.98 Å². The summed E-state index contributed by atoms with van der Waals surface area (Å²) in [6.07, 6.45) is 0. The maximum Gasteiger partial charge on any atom is 0.227 e. The normalized spacial score (nSPS) is 11.6. The topological polar surface area (TPSA) is 32.5 Å². The number of anilines is 6. The largest absolute Gasteiger partial charge is 0.434 e. The molecular weight excluding hydrogens is 711 g/mol. The minimum Gasteiger partial charge on any atom is -0.434 e. The Morgan fingerprint density at radius 2 is 0.891 bits per heavy atom. The molecule has 0 amide bonds. The number of hydrogen-bond acceptors (Lipinski definition) is 6. The monoisotopic (exact) mass is 741 g/mol. The lowest BCUT2D eigenvalue weighted by Crippen LogP contribution is -2.13. The highest BCUT2D eigenvalue weighted by atomic mass is 32.1. The van der Waals surface area contributed by atoms with Gasteiger partial charge in [-0.05, 0) is 72.8 Å². The highest BCUT2D eigenvalue weighted by Crippen LogP contribution is 2.50. The summed E-state index contributed by atoms with van der Waals surface area (Å²) in [6.45, 7) is 0. The molecule has 0 spiro atoms. The van der Waals surface area contributed by atoms with Gasteiger partial charge >= 0.3 is 0 Å². The Morgan fingerprint density at radius 1 is 0.400 bits per heavy atom. The van der Waals surface area contributed by atoms with Crippen molar-refractivity contribution in [3.63, 3.8) is 0 Å². The lowest BCUT2D eigenvalue weighted by Gasteiger charge is -2.29. The van der Waals surface area contributed by atoms with Crippen molar-refractivity contribution in [2.24, 2.45) is 0 Å². The number of thiophene rings is 2. The van der Waals surface area contributed by atoms with Crippen molar-refractivity contribution in [2.45, 2.75) is 0 Å². The average Bonchev–Trinajstić information content (AvgIpc) is 3.97. The van der Waals surface area contributed by atoms with Crippen LogP contribution >= 0.6 is 22.7 Å². The Balaban J connectivity index is 1.23. The van der Waals surface area contributed by atoms with E-state index in [9.17, 15) is 0 Å². The summed E-state index contributed by atoms with van der Waals surface area (Å²) < 4.78 is 11.8. The fourth-order valence-corrected chi connectivity index (χ4v) is 10.2. The molecule has 0 fully saturated rings. The first-order valence-electron chi connectivity index (χ1n) is 18.3. The molecule has 0 unspecified atom stereocenters. The standard InChI is InChI=1S/C49H31N3OS2/c1-4-16-32(17-5-1)49-50-40-30-35(51(33-18-6-2-7-19-33)41-26-14-24-38-36-22-10-12-28-44(36)54-47(38)41)31-43(46(40)53-49)52(34-20-8-3-9-21-34)42-27-15-25-39-37-23-11-13-29-45(37)55-48(39)42/h1-31H. The molecule has 4 nitrogen and oxygen atoms in total. The minimum atomic E-state index is 0.583. The molecule has 260 valence electrons. The second-order valence-electron chi connectivity index (χ2n) is 13.5. The summed E-state index contributed by atoms with van der Waals surface area (Å²) in [5.41, 5.74) is 8.60. The van der Waals surface area contributed by atoms with Gasteiger partial charge in [0.05, 0.1) is 32.1 Å². The van der Waals surface area contributed by atoms with E-state index in [4.69, 9.17) is 9.40 Å². The van der Waals surface area contributed by atoms with Gasteiger partial charge in [0.1, 0.15) is 5.52 Å². The third kappa shape index (κ3) is 5.29. The quantitative estimate of drug-likeness (QED) is 0.163. The highest BCUT2D eigenvalue weighted by molar-refractivity contribution is 7.26. The van der Waals surface area contributed by atoms with E-state index in [0.29, 0.717) is 5.89 Å². The van der Waals surface area contributed by atoms with Gasteiger partial charge in [0, 0.05) is 47.9 Å². The Morgan fingerprint density at radius 3 is 1.49 bits per heavy atom. The maximum absolute atomic E-state index is 6.87. The molecule has 11 rings (SSSR count). The molecule has 11 aromatic rings. The lowest BCUT2D eigenvalue weighted by atomic mass is 10.1. The van der Waals surface area contributed by atoms with Crippen LogP contribution in [0.1, 0.15) is 0 Å². The summed E-state index contributed by atoms with van der Waals surface area (Å²) in [4.78, 5) is 9.95. The first-order chi connectivity index (χ1) is 27.3. The molecule has 0 saturated heterocycles. The van der Waals surface area contributed by atoms with Crippen LogP contribution in [0.5, 0.6) is 0 Å². The van der Waals surface area contributed by atoms with Crippen molar-refractivity contribution in [3.8, 4) is 11.5 Å². The van der Waals surface area contributed by atoms with Crippen LogP contribution < -0.4 is 9.80 Å². The molecule has 0 bridgehead atoms. The Labute approximate surface area is 325 Å². The summed E-state index contributed by atoms with van der Waals surface area (Å²) in [5, 5.41) is 5.00. The third-order valence-corrected chi connectivity index (χ3v) is 12.7. The number of fused-ring (bicyclic) bond motifs is 7. The third-order valence-electron chi connectivity index (χ3n) is 10.3. The van der Waals surface area contributed by atoms with Crippen LogP contribution in [0.2, 0.25) is 0 Å². The highest BCUT2D eigenvalue weighted by Gasteiger charge is 2.26. The van der Waals surface area contributed by atoms with Crippen LogP contribution in [-0.4, -0.2) is 4.98 Å². The summed E-state index contributed by atoms with van der Waals surface area (Å²) in [7, 11) is 0. The predicted octanol–water partition coefficient (Wildman–Crippen LogP) is 15.2. The SMILES string of the molecule is c1ccc(-c2nc3cc(N(c4ccccc4)c4cccc5c4sc4ccccc45)cc(N(c4ccccc4)c4cccc5c4sc4ccccc45)c3o2)cc1. The molecule has 0 aliphatic rings. The van der Waals surface area contributed by atoms with Gasteiger partial charge in [-0.1, -0.05) is 115 Å². The van der Waals surface area contributed by atoms with Crippen LogP contribution in [-0.2, 0) is 0 Å². The zero-order valence-electron chi connectivity index (χ0n) is 29.5. The molecule has 3 heterocycles. The first-order valence-corrected chi connectivity index (χ1v) is 19.9. The van der Waals surface area contributed by atoms with Gasteiger partial charge < -0.3 is 14.2 Å². The number of aromatic nitrogens is 1. The average molecular weight is 742 g/mol. The van der Waals surface area contributed by atoms with E-state index in [1.807, 2.05) is 40.9 Å². The van der Waals surface area contributed by atoms with Gasteiger partial charge in [-0.2, -0.15) is 0 Å². The molecule has 0 atom stereocenters. The summed E-state index contributed by atoms with van der Waals surface area (Å²) in [6, 6.07) is 66.5. The lowest BCUT2D eigenvalue weighted by molar-refractivity contribution is 0.620. The van der Waals surface area contributed by atoms with Gasteiger partial charge in [-0.25, -0.2) is 4.98 Å². The molecule has 3 aromatic heterocycles. The molecule has 0 aliphatic carbocycles. The van der Waals surface area contributed by atoms with Crippen molar-refractivity contribution in [3.05, 3.63) is 188 Å². The van der Waals surface area contributed by atoms with Crippen LogP contribution in [0, 0.1) is 0 Å². The molecule has 6 heteroatoms. The fourth-order valence-electron chi connectivity index (χ4n) is 7.81. The van der Waals surface area contributed by atoms with Crippen molar-refractivity contribution < 1.29 is 4.42 Å². The zero-order chi connectivity index (χ0) is 36.3. The molecule has 55 heavy (non-hydrogen) atoms. The molecule has 8 aromatic carbocycles. The molecular formula is C49H31N3OS2. The van der Waals surface area contributed by atoms with Crippen LogP contribution in [0.15, 0.2) is 192 Å². The van der Waals surface area contributed by atoms with E-state index in [1.54, 1.807) is 0 Å². The Kier molecular flexibility index (Phi) is 7.50. The van der Waals surface area contributed by atoms with Crippen LogP contribution in [0.3, 0.4) is 0 Å². The molecule has 0 radical (unpaired) electrons. The van der Waals surface area contributed by atoms with E-state index < -0.39 is 0 Å². The smallest absolute Gasteiger partial charge is 0.227 e. The van der Waals surface area contributed by atoms with Crippen LogP contribution in [0.4, 0.5) is 34.1 Å². The Hall–Kier alpha value is -6.73. The van der Waals surface area contributed by atoms with E-state index in [2.05, 4.69) is 180 Å². The number of benzene rings is 8. The fraction of sp³-hybridized carbons (Fsp3) is 0. The molecule has 0 saturated carbocycles. The van der Waals surface area contributed by atoms with Crippen molar-refractivity contribution >= 4 is 108 Å². The van der Waals surface area contributed by atoms with E-state index in [-0.39, 0.29) is 0 Å². The van der Waals surface area contributed by atoms with Gasteiger partial charge in [-0.3, -0.25) is 0 Å². The van der Waals surface area contributed by atoms with E-state index in [0.717, 1.165) is 50.8 Å². The minimum absolute atomic E-state index is 0.583. The number of oxazole rings is 1. The number of rotatable bonds is 7. The van der Waals surface area contributed by atoms with E-state index in [1.165, 1.54) is 40.3 Å². The maximum atomic E-state index is 6.87. The van der Waals surface area contributed by atoms with Crippen LogP contribution in [0.25, 0.3) is 62.9 Å². The number of hydrogen-bond donors (Lipinski definition) is 0. The predicted molar refractivity (Wildman–Crippen MR) is 235 cm³/mol. The van der Waals surface area contributed by atoms with E-state index >= 15 is 0 Å². The zero-order valence-corrected chi connectivity index (χ0v) is 31.1. The van der Waals surface area contributed by atoms with Gasteiger partial charge in [0.25, 0.3) is 0 Å². The number of nitrogens with zero attached hydrogens (tertiary/aromatic N) is 3. The second kappa shape index (κ2) is 13.0. The summed E-state index contributed by atoms with van der Waals surface area (Å²) >= 11 is 3.66. The second-order valence-corrected chi connectivity index (χ2v) is 15.6. The van der Waals surface area contributed by atoms with Crippen molar-refractivity contribution in [1.29, 1.82) is 0 Å². The molecule has 0 N–H and O–H groups in total. The Bertz CT molecular complexity index is 3170. The van der Waals surface area contributed by atoms with Gasteiger partial charge in [0.2, 0.25) is 5.89 Å². The van der Waals surface area contributed by atoms with Gasteiger partial charge in [0.15, 0.2) is 5.58 Å². The van der Waals surface area contributed by atoms with Crippen molar-refractivity contribution in [2.75, 3.05) is 9.80 Å². The summed E-state index contributed by atoms with van der Waals surface area (Å²) in [5.74, 6) is 0.583. The molecule has 0 aliphatic heterocycles.